The van der Waals surface area contributed by atoms with Crippen LogP contribution < -0.4 is 20.7 Å². The Bertz CT molecular complexity index is 420. The summed E-state index contributed by atoms with van der Waals surface area (Å²) in [6.07, 6.45) is 2.22. The summed E-state index contributed by atoms with van der Waals surface area (Å²) in [6, 6.07) is 5.91. The lowest BCUT2D eigenvalue weighted by Crippen LogP contribution is -2.36. The van der Waals surface area contributed by atoms with Gasteiger partial charge in [-0.1, -0.05) is 6.07 Å². The van der Waals surface area contributed by atoms with E-state index in [2.05, 4.69) is 5.43 Å². The number of nitrogens with one attached hydrogen (secondary N) is 1. The zero-order chi connectivity index (χ0) is 14.4. The van der Waals surface area contributed by atoms with Crippen molar-refractivity contribution in [1.29, 1.82) is 0 Å². The number of ether oxygens (including phenoxy) is 3. The van der Waals surface area contributed by atoms with Gasteiger partial charge in [0, 0.05) is 6.61 Å². The largest absolute Gasteiger partial charge is 0.490 e. The van der Waals surface area contributed by atoms with Crippen molar-refractivity contribution in [1.82, 2.24) is 5.43 Å². The monoisotopic (exact) mass is 280 g/mol. The SMILES string of the molecule is CCOc1ccc(C(NN)C2CCCO2)cc1OCC. The molecule has 0 spiro atoms. The maximum Gasteiger partial charge on any atom is 0.161 e. The minimum Gasteiger partial charge on any atom is -0.490 e. The van der Waals surface area contributed by atoms with Gasteiger partial charge in [-0.15, -0.1) is 0 Å². The van der Waals surface area contributed by atoms with Crippen LogP contribution in [0.15, 0.2) is 18.2 Å². The minimum absolute atomic E-state index is 0.0209. The van der Waals surface area contributed by atoms with Crippen molar-refractivity contribution in [3.63, 3.8) is 0 Å². The van der Waals surface area contributed by atoms with Gasteiger partial charge in [0.15, 0.2) is 11.5 Å². The Morgan fingerprint density at radius 3 is 2.65 bits per heavy atom. The van der Waals surface area contributed by atoms with E-state index in [1.165, 1.54) is 0 Å². The molecule has 0 amide bonds. The van der Waals surface area contributed by atoms with E-state index < -0.39 is 0 Å². The Kier molecular flexibility index (Phi) is 5.64. The van der Waals surface area contributed by atoms with Gasteiger partial charge in [0.1, 0.15) is 0 Å². The van der Waals surface area contributed by atoms with Gasteiger partial charge in [-0.05, 0) is 44.4 Å². The molecule has 20 heavy (non-hydrogen) atoms. The molecule has 2 atom stereocenters. The summed E-state index contributed by atoms with van der Waals surface area (Å²) in [5.74, 6) is 7.22. The average Bonchev–Trinajstić information content (AvgIpc) is 2.97. The number of nitrogens with two attached hydrogens (primary N) is 1. The Morgan fingerprint density at radius 1 is 1.30 bits per heavy atom. The van der Waals surface area contributed by atoms with Crippen LogP contribution in [0.2, 0.25) is 0 Å². The lowest BCUT2D eigenvalue weighted by molar-refractivity contribution is 0.0782. The van der Waals surface area contributed by atoms with E-state index in [0.717, 1.165) is 36.5 Å². The third-order valence-electron chi connectivity index (χ3n) is 3.44. The maximum atomic E-state index is 5.72. The summed E-state index contributed by atoms with van der Waals surface area (Å²) in [5.41, 5.74) is 3.92. The highest BCUT2D eigenvalue weighted by molar-refractivity contribution is 5.44. The fourth-order valence-electron chi connectivity index (χ4n) is 2.54. The van der Waals surface area contributed by atoms with Crippen molar-refractivity contribution in [3.8, 4) is 11.5 Å². The standard InChI is InChI=1S/C15H24N2O3/c1-3-18-12-8-7-11(10-14(12)19-4-2)15(17-16)13-6-5-9-20-13/h7-8,10,13,15,17H,3-6,9,16H2,1-2H3. The first-order valence-electron chi connectivity index (χ1n) is 7.27. The second-order valence-electron chi connectivity index (χ2n) is 4.77. The van der Waals surface area contributed by atoms with Crippen LogP contribution in [-0.4, -0.2) is 25.9 Å². The smallest absolute Gasteiger partial charge is 0.161 e. The Hall–Kier alpha value is -1.30. The number of hydrazine groups is 1. The number of hydrogen-bond acceptors (Lipinski definition) is 5. The molecule has 0 aliphatic carbocycles. The first-order chi connectivity index (χ1) is 9.80. The lowest BCUT2D eigenvalue weighted by atomic mass is 9.99. The van der Waals surface area contributed by atoms with Gasteiger partial charge in [-0.25, -0.2) is 0 Å². The highest BCUT2D eigenvalue weighted by Gasteiger charge is 2.27. The van der Waals surface area contributed by atoms with Gasteiger partial charge in [-0.3, -0.25) is 11.3 Å². The molecule has 0 aromatic heterocycles. The first kappa shape index (κ1) is 15.1. The van der Waals surface area contributed by atoms with E-state index in [4.69, 9.17) is 20.1 Å². The molecule has 112 valence electrons. The zero-order valence-corrected chi connectivity index (χ0v) is 12.2. The molecule has 1 heterocycles. The zero-order valence-electron chi connectivity index (χ0n) is 12.2. The normalized spacial score (nSPS) is 19.9. The van der Waals surface area contributed by atoms with Gasteiger partial charge in [0.05, 0.1) is 25.4 Å². The Morgan fingerprint density at radius 2 is 2.05 bits per heavy atom. The summed E-state index contributed by atoms with van der Waals surface area (Å²) < 4.78 is 17.0. The number of benzene rings is 1. The van der Waals surface area contributed by atoms with Gasteiger partial charge in [0.25, 0.3) is 0 Å². The van der Waals surface area contributed by atoms with Crippen LogP contribution in [0.4, 0.5) is 0 Å². The molecular weight excluding hydrogens is 256 g/mol. The van der Waals surface area contributed by atoms with Crippen LogP contribution in [0.5, 0.6) is 11.5 Å². The third-order valence-corrected chi connectivity index (χ3v) is 3.44. The topological polar surface area (TPSA) is 65.7 Å². The van der Waals surface area contributed by atoms with Crippen LogP contribution >= 0.6 is 0 Å². The predicted octanol–water partition coefficient (Wildman–Crippen LogP) is 2.17. The van der Waals surface area contributed by atoms with Crippen LogP contribution in [0, 0.1) is 0 Å². The van der Waals surface area contributed by atoms with Gasteiger partial charge in [0.2, 0.25) is 0 Å². The highest BCUT2D eigenvalue weighted by Crippen LogP contribution is 2.33. The molecule has 5 heteroatoms. The predicted molar refractivity (Wildman–Crippen MR) is 77.8 cm³/mol. The maximum absolute atomic E-state index is 5.72. The third kappa shape index (κ3) is 3.42. The van der Waals surface area contributed by atoms with Crippen LogP contribution in [0.25, 0.3) is 0 Å². The molecule has 2 unspecified atom stereocenters. The quantitative estimate of drug-likeness (QED) is 0.592. The summed E-state index contributed by atoms with van der Waals surface area (Å²) >= 11 is 0. The molecule has 0 bridgehead atoms. The van der Waals surface area contributed by atoms with Crippen molar-refractivity contribution >= 4 is 0 Å². The summed E-state index contributed by atoms with van der Waals surface area (Å²) in [4.78, 5) is 0. The fourth-order valence-corrected chi connectivity index (χ4v) is 2.54. The van der Waals surface area contributed by atoms with E-state index in [9.17, 15) is 0 Å². The second-order valence-corrected chi connectivity index (χ2v) is 4.77. The van der Waals surface area contributed by atoms with Crippen molar-refractivity contribution < 1.29 is 14.2 Å². The Labute approximate surface area is 120 Å². The van der Waals surface area contributed by atoms with E-state index in [-0.39, 0.29) is 12.1 Å². The summed E-state index contributed by atoms with van der Waals surface area (Å²) in [5, 5.41) is 0. The molecule has 1 aliphatic rings. The minimum atomic E-state index is -0.0209. The van der Waals surface area contributed by atoms with Crippen molar-refractivity contribution in [2.75, 3.05) is 19.8 Å². The van der Waals surface area contributed by atoms with Crippen molar-refractivity contribution in [2.45, 2.75) is 38.8 Å². The fraction of sp³-hybridized carbons (Fsp3) is 0.600. The molecule has 0 saturated carbocycles. The van der Waals surface area contributed by atoms with E-state index in [1.807, 2.05) is 32.0 Å². The van der Waals surface area contributed by atoms with E-state index in [0.29, 0.717) is 13.2 Å². The van der Waals surface area contributed by atoms with Crippen molar-refractivity contribution in [2.24, 2.45) is 5.84 Å². The van der Waals surface area contributed by atoms with Gasteiger partial charge < -0.3 is 14.2 Å². The van der Waals surface area contributed by atoms with Crippen LogP contribution in [-0.2, 0) is 4.74 Å². The highest BCUT2D eigenvalue weighted by atomic mass is 16.5. The number of rotatable bonds is 7. The molecule has 1 aliphatic heterocycles. The van der Waals surface area contributed by atoms with E-state index in [1.54, 1.807) is 0 Å². The van der Waals surface area contributed by atoms with Crippen LogP contribution in [0.3, 0.4) is 0 Å². The second kappa shape index (κ2) is 7.47. The molecule has 1 fully saturated rings. The summed E-state index contributed by atoms with van der Waals surface area (Å²) in [6.45, 7) is 5.94. The lowest BCUT2D eigenvalue weighted by Gasteiger charge is -2.23. The van der Waals surface area contributed by atoms with Gasteiger partial charge >= 0.3 is 0 Å². The molecule has 5 nitrogen and oxygen atoms in total. The molecule has 1 saturated heterocycles. The molecule has 1 aromatic carbocycles. The average molecular weight is 280 g/mol. The molecule has 3 N–H and O–H groups in total. The molecular formula is C15H24N2O3. The van der Waals surface area contributed by atoms with Crippen molar-refractivity contribution in [3.05, 3.63) is 23.8 Å². The molecule has 0 radical (unpaired) electrons. The summed E-state index contributed by atoms with van der Waals surface area (Å²) in [7, 11) is 0. The number of hydrogen-bond donors (Lipinski definition) is 2. The molecule has 2 rings (SSSR count). The van der Waals surface area contributed by atoms with Gasteiger partial charge in [-0.2, -0.15) is 0 Å². The first-order valence-corrected chi connectivity index (χ1v) is 7.27. The Balaban J connectivity index is 2.23. The molecule has 1 aromatic rings. The van der Waals surface area contributed by atoms with Crippen LogP contribution in [0.1, 0.15) is 38.3 Å². The van der Waals surface area contributed by atoms with E-state index >= 15 is 0 Å².